The van der Waals surface area contributed by atoms with E-state index < -0.39 is 86.8 Å². The van der Waals surface area contributed by atoms with Crippen LogP contribution in [-0.2, 0) is 23.7 Å². The second kappa shape index (κ2) is 49.5. The molecule has 0 spiro atoms. The Morgan fingerprint density at radius 3 is 1.34 bits per heavy atom. The molecule has 2 rings (SSSR count). The van der Waals surface area contributed by atoms with Crippen LogP contribution in [0.25, 0.3) is 0 Å². The van der Waals surface area contributed by atoms with Crippen molar-refractivity contribution in [3.05, 3.63) is 97.2 Å². The van der Waals surface area contributed by atoms with Gasteiger partial charge in [-0.05, 0) is 77.0 Å². The highest BCUT2D eigenvalue weighted by Gasteiger charge is 2.51. The Balaban J connectivity index is 1.71. The number of carbonyl (C=O) groups is 1. The third-order valence-electron chi connectivity index (χ3n) is 14.6. The summed E-state index contributed by atoms with van der Waals surface area (Å²) in [7, 11) is 0. The van der Waals surface area contributed by atoms with E-state index in [9.17, 15) is 45.6 Å². The quantitative estimate of drug-likeness (QED) is 0.0204. The van der Waals surface area contributed by atoms with E-state index in [2.05, 4.69) is 116 Å². The largest absolute Gasteiger partial charge is 0.394 e. The number of hydrogen-bond acceptors (Lipinski definition) is 13. The summed E-state index contributed by atoms with van der Waals surface area (Å²) >= 11 is 0. The second-order valence-electron chi connectivity index (χ2n) is 21.5. The van der Waals surface area contributed by atoms with Gasteiger partial charge in [-0.1, -0.05) is 227 Å². The molecule has 0 aliphatic carbocycles. The van der Waals surface area contributed by atoms with Crippen molar-refractivity contribution < 1.29 is 64.6 Å². The molecule has 14 nitrogen and oxygen atoms in total. The molecule has 14 heteroatoms. The summed E-state index contributed by atoms with van der Waals surface area (Å²) in [4.78, 5) is 13.3. The predicted octanol–water partition coefficient (Wildman–Crippen LogP) is 11.1. The number of unbranched alkanes of at least 4 members (excludes halogenated alkanes) is 19. The number of aliphatic hydroxyl groups excluding tert-OH is 8. The first-order valence-electron chi connectivity index (χ1n) is 31.0. The Kier molecular flexibility index (Phi) is 45.1. The minimum absolute atomic E-state index is 0.225. The zero-order valence-electron chi connectivity index (χ0n) is 48.8. The van der Waals surface area contributed by atoms with Crippen LogP contribution in [0.15, 0.2) is 97.2 Å². The maximum atomic E-state index is 13.3. The third-order valence-corrected chi connectivity index (χ3v) is 14.6. The summed E-state index contributed by atoms with van der Waals surface area (Å²) in [5.41, 5.74) is 0. The monoisotopic (exact) mass is 1110 g/mol. The van der Waals surface area contributed by atoms with E-state index in [4.69, 9.17) is 18.9 Å². The molecule has 0 radical (unpaired) electrons. The summed E-state index contributed by atoms with van der Waals surface area (Å²) in [6.45, 7) is 2.72. The van der Waals surface area contributed by atoms with Crippen molar-refractivity contribution in [1.82, 2.24) is 5.32 Å². The SMILES string of the molecule is CC/C=C\C/C=C\C/C=C\C/C=C\C/C=C\C/C=C\C/C=C\C/C=C\CCCCCCCCC(=O)NC(COC1OC(CO)C(OC2OC(CO)C(O)C(O)C2O)C(O)C1O)C(O)CCCCCCCCCCCCCCCC. The summed E-state index contributed by atoms with van der Waals surface area (Å²) in [5, 5.41) is 87.3. The lowest BCUT2D eigenvalue weighted by Gasteiger charge is -2.46. The van der Waals surface area contributed by atoms with E-state index in [0.29, 0.717) is 12.8 Å². The fourth-order valence-electron chi connectivity index (χ4n) is 9.61. The molecule has 0 saturated carbocycles. The molecule has 0 aromatic rings. The Labute approximate surface area is 477 Å². The Hall–Kier alpha value is -3.09. The van der Waals surface area contributed by atoms with E-state index in [1.807, 2.05) is 0 Å². The van der Waals surface area contributed by atoms with Crippen LogP contribution in [-0.4, -0.2) is 140 Å². The number of carbonyl (C=O) groups excluding carboxylic acids is 1. The summed E-state index contributed by atoms with van der Waals surface area (Å²) in [6.07, 6.45) is 51.2. The minimum atomic E-state index is -1.79. The Morgan fingerprint density at radius 2 is 0.873 bits per heavy atom. The van der Waals surface area contributed by atoms with Gasteiger partial charge in [0.15, 0.2) is 12.6 Å². The second-order valence-corrected chi connectivity index (χ2v) is 21.5. The first kappa shape index (κ1) is 72.0. The summed E-state index contributed by atoms with van der Waals surface area (Å²) in [6, 6.07) is -0.843. The van der Waals surface area contributed by atoms with E-state index in [-0.39, 0.29) is 18.9 Å². The van der Waals surface area contributed by atoms with Crippen LogP contribution in [0.2, 0.25) is 0 Å². The van der Waals surface area contributed by atoms with Gasteiger partial charge in [0, 0.05) is 6.42 Å². The van der Waals surface area contributed by atoms with E-state index in [0.717, 1.165) is 116 Å². The fourth-order valence-corrected chi connectivity index (χ4v) is 9.61. The number of rotatable bonds is 48. The van der Waals surface area contributed by atoms with Crippen LogP contribution in [0.5, 0.6) is 0 Å². The molecule has 1 amide bonds. The predicted molar refractivity (Wildman–Crippen MR) is 318 cm³/mol. The van der Waals surface area contributed by atoms with Gasteiger partial charge in [0.2, 0.25) is 5.91 Å². The molecule has 2 heterocycles. The smallest absolute Gasteiger partial charge is 0.220 e. The van der Waals surface area contributed by atoms with Gasteiger partial charge in [-0.15, -0.1) is 0 Å². The molecule has 0 aromatic carbocycles. The number of aliphatic hydroxyl groups is 8. The molecular weight excluding hydrogens is 1000 g/mol. The molecule has 2 aliphatic rings. The maximum Gasteiger partial charge on any atom is 0.220 e. The van der Waals surface area contributed by atoms with Crippen LogP contribution >= 0.6 is 0 Å². The average molecular weight is 1110 g/mol. The number of allylic oxidation sites excluding steroid dienone is 16. The van der Waals surface area contributed by atoms with Crippen molar-refractivity contribution >= 4 is 5.91 Å². The molecule has 12 unspecified atom stereocenters. The molecule has 9 N–H and O–H groups in total. The number of hydrogen-bond donors (Lipinski definition) is 9. The average Bonchev–Trinajstić information content (AvgIpc) is 3.55. The molecule has 79 heavy (non-hydrogen) atoms. The summed E-state index contributed by atoms with van der Waals surface area (Å²) in [5.74, 6) is -0.225. The number of nitrogens with one attached hydrogen (secondary N) is 1. The van der Waals surface area contributed by atoms with Crippen LogP contribution in [0.1, 0.15) is 213 Å². The Bertz CT molecular complexity index is 1690. The molecule has 0 aromatic heterocycles. The van der Waals surface area contributed by atoms with Crippen molar-refractivity contribution in [3.63, 3.8) is 0 Å². The van der Waals surface area contributed by atoms with Crippen molar-refractivity contribution in [1.29, 1.82) is 0 Å². The summed E-state index contributed by atoms with van der Waals surface area (Å²) < 4.78 is 22.8. The normalized spacial score (nSPS) is 25.1. The topological polar surface area (TPSA) is 228 Å². The van der Waals surface area contributed by atoms with Gasteiger partial charge in [0.1, 0.15) is 48.8 Å². The van der Waals surface area contributed by atoms with Crippen molar-refractivity contribution in [3.8, 4) is 0 Å². The van der Waals surface area contributed by atoms with Crippen LogP contribution in [0, 0.1) is 0 Å². The molecule has 0 bridgehead atoms. The molecule has 12 atom stereocenters. The lowest BCUT2D eigenvalue weighted by molar-refractivity contribution is -0.359. The van der Waals surface area contributed by atoms with E-state index in [1.54, 1.807) is 0 Å². The van der Waals surface area contributed by atoms with Crippen molar-refractivity contribution in [2.24, 2.45) is 0 Å². The minimum Gasteiger partial charge on any atom is -0.394 e. The number of amides is 1. The molecule has 2 fully saturated rings. The van der Waals surface area contributed by atoms with Gasteiger partial charge in [0.05, 0.1) is 32.0 Å². The first-order valence-corrected chi connectivity index (χ1v) is 31.0. The van der Waals surface area contributed by atoms with Gasteiger partial charge < -0.3 is 65.1 Å². The van der Waals surface area contributed by atoms with Crippen molar-refractivity contribution in [2.75, 3.05) is 19.8 Å². The first-order chi connectivity index (χ1) is 38.6. The van der Waals surface area contributed by atoms with Crippen LogP contribution < -0.4 is 5.32 Å². The lowest BCUT2D eigenvalue weighted by atomic mass is 9.97. The lowest BCUT2D eigenvalue weighted by Crippen LogP contribution is -2.65. The highest BCUT2D eigenvalue weighted by atomic mass is 16.7. The highest BCUT2D eigenvalue weighted by Crippen LogP contribution is 2.30. The molecule has 2 saturated heterocycles. The zero-order valence-corrected chi connectivity index (χ0v) is 48.8. The van der Waals surface area contributed by atoms with Gasteiger partial charge in [-0.2, -0.15) is 0 Å². The van der Waals surface area contributed by atoms with Gasteiger partial charge in [0.25, 0.3) is 0 Å². The zero-order chi connectivity index (χ0) is 57.4. The van der Waals surface area contributed by atoms with E-state index >= 15 is 0 Å². The number of ether oxygens (including phenoxy) is 4. The fraction of sp³-hybridized carbons (Fsp3) is 0.738. The van der Waals surface area contributed by atoms with Crippen LogP contribution in [0.4, 0.5) is 0 Å². The van der Waals surface area contributed by atoms with Crippen LogP contribution in [0.3, 0.4) is 0 Å². The molecule has 454 valence electrons. The maximum absolute atomic E-state index is 13.3. The van der Waals surface area contributed by atoms with Gasteiger partial charge in [-0.3, -0.25) is 4.79 Å². The Morgan fingerprint density at radius 1 is 0.468 bits per heavy atom. The third kappa shape index (κ3) is 34.8. The van der Waals surface area contributed by atoms with Crippen molar-refractivity contribution in [2.45, 2.75) is 286 Å². The standard InChI is InChI=1S/C65H111NO13/c1-3-5-7-9-11-13-15-17-19-20-21-22-23-24-25-26-27-28-29-30-31-32-33-34-35-37-39-41-43-45-47-49-57(70)66-53(54(69)48-46-44-42-40-38-36-18-16-14-12-10-8-6-4-2)52-76-64-62(75)60(73)63(56(51-68)78-64)79-65-61(74)59(72)58(71)55(50-67)77-65/h5,7,11,13,17,19,21-22,24-25,27-28,30-31,33-34,53-56,58-65,67-69,71-75H,3-4,6,8-10,12,14-16,18,20,23,26,29,32,35-52H2,1-2H3,(H,66,70)/b7-5-,13-11-,19-17-,22-21-,25-24-,28-27-,31-30-,34-33-. The molecule has 2 aliphatic heterocycles. The highest BCUT2D eigenvalue weighted by molar-refractivity contribution is 5.76. The van der Waals surface area contributed by atoms with E-state index in [1.165, 1.54) is 64.2 Å². The van der Waals surface area contributed by atoms with Gasteiger partial charge >= 0.3 is 0 Å². The van der Waals surface area contributed by atoms with Gasteiger partial charge in [-0.25, -0.2) is 0 Å². The molecular formula is C65H111NO13.